The predicted molar refractivity (Wildman–Crippen MR) is 62.9 cm³/mol. The van der Waals surface area contributed by atoms with Crippen LogP contribution >= 0.6 is 0 Å². The van der Waals surface area contributed by atoms with Gasteiger partial charge in [0.2, 0.25) is 0 Å². The molecular formula is C13H16O6. The first kappa shape index (κ1) is 13.0. The second-order valence-electron chi connectivity index (χ2n) is 4.72. The van der Waals surface area contributed by atoms with Crippen LogP contribution in [0.2, 0.25) is 0 Å². The second-order valence-corrected chi connectivity index (χ2v) is 4.72. The van der Waals surface area contributed by atoms with Crippen LogP contribution in [0.1, 0.15) is 11.9 Å². The van der Waals surface area contributed by atoms with Crippen molar-refractivity contribution in [1.82, 2.24) is 0 Å². The van der Waals surface area contributed by atoms with E-state index in [1.807, 2.05) is 30.3 Å². The van der Waals surface area contributed by atoms with Crippen molar-refractivity contribution in [3.8, 4) is 0 Å². The molecule has 2 fully saturated rings. The summed E-state index contributed by atoms with van der Waals surface area (Å²) in [6, 6.07) is 9.31. The molecule has 19 heavy (non-hydrogen) atoms. The van der Waals surface area contributed by atoms with E-state index in [4.69, 9.17) is 14.2 Å². The first-order valence-corrected chi connectivity index (χ1v) is 6.18. The Bertz CT molecular complexity index is 422. The molecule has 6 nitrogen and oxygen atoms in total. The summed E-state index contributed by atoms with van der Waals surface area (Å²) < 4.78 is 16.3. The van der Waals surface area contributed by atoms with Crippen LogP contribution in [0, 0.1) is 0 Å². The average Bonchev–Trinajstić information content (AvgIpc) is 2.46. The van der Waals surface area contributed by atoms with Gasteiger partial charge in [-0.3, -0.25) is 0 Å². The summed E-state index contributed by atoms with van der Waals surface area (Å²) >= 11 is 0. The fraction of sp³-hybridized carbons (Fsp3) is 0.538. The van der Waals surface area contributed by atoms with Gasteiger partial charge in [0.15, 0.2) is 12.6 Å². The van der Waals surface area contributed by atoms with E-state index in [1.165, 1.54) is 0 Å². The highest BCUT2D eigenvalue weighted by Crippen LogP contribution is 2.33. The minimum Gasteiger partial charge on any atom is -0.387 e. The molecule has 3 unspecified atom stereocenters. The molecule has 0 amide bonds. The molecule has 3 N–H and O–H groups in total. The normalized spacial score (nSPS) is 42.7. The van der Waals surface area contributed by atoms with Crippen molar-refractivity contribution < 1.29 is 29.5 Å². The number of benzene rings is 1. The van der Waals surface area contributed by atoms with Crippen LogP contribution in [0.4, 0.5) is 0 Å². The van der Waals surface area contributed by atoms with Crippen molar-refractivity contribution in [1.29, 1.82) is 0 Å². The molecule has 0 radical (unpaired) electrons. The Hall–Kier alpha value is -1.02. The summed E-state index contributed by atoms with van der Waals surface area (Å²) in [6.45, 7) is 0.186. The van der Waals surface area contributed by atoms with Crippen molar-refractivity contribution in [3.63, 3.8) is 0 Å². The topological polar surface area (TPSA) is 88.4 Å². The van der Waals surface area contributed by atoms with Gasteiger partial charge in [0.25, 0.3) is 0 Å². The third kappa shape index (κ3) is 2.38. The lowest BCUT2D eigenvalue weighted by atomic mass is 9.98. The van der Waals surface area contributed by atoms with Gasteiger partial charge >= 0.3 is 0 Å². The van der Waals surface area contributed by atoms with Gasteiger partial charge < -0.3 is 29.5 Å². The van der Waals surface area contributed by atoms with Gasteiger partial charge in [0, 0.05) is 5.56 Å². The Kier molecular flexibility index (Phi) is 3.53. The van der Waals surface area contributed by atoms with Gasteiger partial charge in [-0.15, -0.1) is 0 Å². The van der Waals surface area contributed by atoms with Crippen molar-refractivity contribution in [3.05, 3.63) is 35.9 Å². The molecule has 0 aromatic heterocycles. The molecule has 6 atom stereocenters. The van der Waals surface area contributed by atoms with E-state index in [0.29, 0.717) is 0 Å². The van der Waals surface area contributed by atoms with E-state index in [2.05, 4.69) is 0 Å². The maximum atomic E-state index is 9.94. The summed E-state index contributed by atoms with van der Waals surface area (Å²) in [4.78, 5) is 0. The van der Waals surface area contributed by atoms with Crippen molar-refractivity contribution in [2.24, 2.45) is 0 Å². The maximum Gasteiger partial charge on any atom is 0.184 e. The fourth-order valence-electron chi connectivity index (χ4n) is 2.37. The molecule has 2 heterocycles. The highest BCUT2D eigenvalue weighted by atomic mass is 16.7. The van der Waals surface area contributed by atoms with E-state index in [1.54, 1.807) is 0 Å². The summed E-state index contributed by atoms with van der Waals surface area (Å²) in [5.41, 5.74) is 0.828. The molecule has 2 saturated heterocycles. The lowest BCUT2D eigenvalue weighted by Crippen LogP contribution is -2.61. The number of aliphatic hydroxyl groups is 3. The molecule has 0 saturated carbocycles. The monoisotopic (exact) mass is 268 g/mol. The molecule has 2 aliphatic rings. The van der Waals surface area contributed by atoms with E-state index < -0.39 is 37.0 Å². The zero-order chi connectivity index (χ0) is 13.4. The Morgan fingerprint density at radius 1 is 0.947 bits per heavy atom. The lowest BCUT2D eigenvalue weighted by molar-refractivity contribution is -0.354. The quantitative estimate of drug-likeness (QED) is 0.639. The second kappa shape index (κ2) is 5.16. The van der Waals surface area contributed by atoms with Crippen LogP contribution < -0.4 is 0 Å². The molecule has 1 aromatic rings. The van der Waals surface area contributed by atoms with Crippen LogP contribution in [0.5, 0.6) is 0 Å². The molecule has 0 bridgehead atoms. The maximum absolute atomic E-state index is 9.94. The first-order valence-electron chi connectivity index (χ1n) is 6.18. The number of aliphatic hydroxyl groups excluding tert-OH is 3. The van der Waals surface area contributed by atoms with Gasteiger partial charge in [-0.25, -0.2) is 0 Å². The minimum absolute atomic E-state index is 0.186. The first-order chi connectivity index (χ1) is 9.16. The number of fused-ring (bicyclic) bond motifs is 1. The number of ether oxygens (including phenoxy) is 3. The molecule has 3 rings (SSSR count). The number of hydrogen-bond donors (Lipinski definition) is 3. The highest BCUT2D eigenvalue weighted by molar-refractivity contribution is 5.16. The van der Waals surface area contributed by atoms with E-state index in [0.717, 1.165) is 5.56 Å². The smallest absolute Gasteiger partial charge is 0.184 e. The number of rotatable bonds is 1. The summed E-state index contributed by atoms with van der Waals surface area (Å²) in [7, 11) is 0. The van der Waals surface area contributed by atoms with Gasteiger partial charge in [0.1, 0.15) is 24.4 Å². The van der Waals surface area contributed by atoms with Gasteiger partial charge in [-0.2, -0.15) is 0 Å². The molecule has 0 aliphatic carbocycles. The van der Waals surface area contributed by atoms with E-state index in [-0.39, 0.29) is 6.61 Å². The van der Waals surface area contributed by atoms with E-state index >= 15 is 0 Å². The average molecular weight is 268 g/mol. The predicted octanol–water partition coefficient (Wildman–Crippen LogP) is -0.460. The van der Waals surface area contributed by atoms with Gasteiger partial charge in [0.05, 0.1) is 6.61 Å². The number of hydrogen-bond acceptors (Lipinski definition) is 6. The summed E-state index contributed by atoms with van der Waals surface area (Å²) in [5, 5.41) is 29.0. The molecule has 0 spiro atoms. The largest absolute Gasteiger partial charge is 0.387 e. The van der Waals surface area contributed by atoms with Gasteiger partial charge in [-0.05, 0) is 0 Å². The van der Waals surface area contributed by atoms with Crippen LogP contribution in [-0.4, -0.2) is 52.6 Å². The molecular weight excluding hydrogens is 252 g/mol. The SMILES string of the molecule is OC1[C@H](O)OC2COC(c3ccccc3)O[C@H]2[C@@H]1O. The van der Waals surface area contributed by atoms with Crippen LogP contribution in [0.15, 0.2) is 30.3 Å². The molecule has 104 valence electrons. The highest BCUT2D eigenvalue weighted by Gasteiger charge is 2.48. The van der Waals surface area contributed by atoms with Crippen LogP contribution in [0.3, 0.4) is 0 Å². The van der Waals surface area contributed by atoms with Crippen molar-refractivity contribution >= 4 is 0 Å². The lowest BCUT2D eigenvalue weighted by Gasteiger charge is -2.45. The summed E-state index contributed by atoms with van der Waals surface area (Å²) in [6.07, 6.45) is -5.93. The molecule has 6 heteroatoms. The Morgan fingerprint density at radius 2 is 1.68 bits per heavy atom. The van der Waals surface area contributed by atoms with Crippen LogP contribution in [0.25, 0.3) is 0 Å². The standard InChI is InChI=1S/C13H16O6/c14-9-10(15)12(16)18-8-6-17-13(19-11(8)9)7-4-2-1-3-5-7/h1-5,8-16H,6H2/t8?,9-,10?,11-,12-,13?/m1/s1. The molecule has 2 aliphatic heterocycles. The third-order valence-corrected chi connectivity index (χ3v) is 3.42. The summed E-state index contributed by atoms with van der Waals surface area (Å²) in [5.74, 6) is 0. The Balaban J connectivity index is 1.75. The molecule has 1 aromatic carbocycles. The minimum atomic E-state index is -1.42. The van der Waals surface area contributed by atoms with Crippen molar-refractivity contribution in [2.75, 3.05) is 6.61 Å². The van der Waals surface area contributed by atoms with E-state index in [9.17, 15) is 15.3 Å². The Labute approximate surface area is 110 Å². The zero-order valence-corrected chi connectivity index (χ0v) is 10.1. The van der Waals surface area contributed by atoms with Crippen LogP contribution in [-0.2, 0) is 14.2 Å². The fourth-order valence-corrected chi connectivity index (χ4v) is 2.37. The zero-order valence-electron chi connectivity index (χ0n) is 10.1. The third-order valence-electron chi connectivity index (χ3n) is 3.42. The Morgan fingerprint density at radius 3 is 2.42 bits per heavy atom. The van der Waals surface area contributed by atoms with Crippen molar-refractivity contribution in [2.45, 2.75) is 37.0 Å². The van der Waals surface area contributed by atoms with Gasteiger partial charge in [-0.1, -0.05) is 30.3 Å².